The Morgan fingerprint density at radius 1 is 1.33 bits per heavy atom. The molecule has 0 amide bonds. The van der Waals surface area contributed by atoms with Gasteiger partial charge in [-0.1, -0.05) is 33.8 Å². The molecule has 4 heteroatoms. The summed E-state index contributed by atoms with van der Waals surface area (Å²) in [6.45, 7) is 15.5. The Balaban J connectivity index is 2.26. The standard InChI is InChI=1S/C17H30O3Si/c1-11-8-9-13-12(2)10-14(18)19-16(13)15(11)20-21(6,7)17(3,4)5/h8,12-13,15-16H,9-10H2,1-7H3/t12-,13-,15?,16-/m1/s1. The third-order valence-corrected chi connectivity index (χ3v) is 10.1. The summed E-state index contributed by atoms with van der Waals surface area (Å²) in [7, 11) is -1.89. The van der Waals surface area contributed by atoms with Crippen LogP contribution in [0.5, 0.6) is 0 Å². The first kappa shape index (κ1) is 16.8. The van der Waals surface area contributed by atoms with Gasteiger partial charge in [0.1, 0.15) is 12.2 Å². The molecule has 21 heavy (non-hydrogen) atoms. The van der Waals surface area contributed by atoms with Crippen LogP contribution in [0.25, 0.3) is 0 Å². The molecule has 0 bridgehead atoms. The van der Waals surface area contributed by atoms with Crippen molar-refractivity contribution >= 4 is 14.3 Å². The van der Waals surface area contributed by atoms with Crippen molar-refractivity contribution in [3.05, 3.63) is 11.6 Å². The summed E-state index contributed by atoms with van der Waals surface area (Å²) < 4.78 is 12.3. The van der Waals surface area contributed by atoms with E-state index in [0.717, 1.165) is 6.42 Å². The first-order valence-electron chi connectivity index (χ1n) is 8.07. The third-order valence-electron chi connectivity index (χ3n) is 5.60. The molecule has 2 rings (SSSR count). The SMILES string of the molecule is CC1=CC[C@@H]2[C@H](C)CC(=O)O[C@H]2C1O[Si](C)(C)C(C)(C)C. The molecule has 1 fully saturated rings. The van der Waals surface area contributed by atoms with E-state index >= 15 is 0 Å². The van der Waals surface area contributed by atoms with Gasteiger partial charge in [0.2, 0.25) is 0 Å². The van der Waals surface area contributed by atoms with Gasteiger partial charge in [0.05, 0.1) is 0 Å². The summed E-state index contributed by atoms with van der Waals surface area (Å²) in [5.41, 5.74) is 1.22. The molecule has 2 aliphatic rings. The number of allylic oxidation sites excluding steroid dienone is 1. The molecule has 120 valence electrons. The van der Waals surface area contributed by atoms with Crippen LogP contribution in [0.4, 0.5) is 0 Å². The highest BCUT2D eigenvalue weighted by Crippen LogP contribution is 2.43. The van der Waals surface area contributed by atoms with E-state index in [9.17, 15) is 4.79 Å². The minimum atomic E-state index is -1.89. The number of carbonyl (C=O) groups excluding carboxylic acids is 1. The van der Waals surface area contributed by atoms with Gasteiger partial charge >= 0.3 is 5.97 Å². The number of fused-ring (bicyclic) bond motifs is 1. The predicted octanol–water partition coefficient (Wildman–Crippen LogP) is 4.29. The van der Waals surface area contributed by atoms with Gasteiger partial charge in [-0.2, -0.15) is 0 Å². The fourth-order valence-electron chi connectivity index (χ4n) is 3.03. The first-order chi connectivity index (χ1) is 9.53. The molecule has 1 saturated heterocycles. The van der Waals surface area contributed by atoms with E-state index in [1.54, 1.807) is 0 Å². The molecule has 0 saturated carbocycles. The Bertz CT molecular complexity index is 447. The second kappa shape index (κ2) is 5.54. The normalized spacial score (nSPS) is 34.0. The lowest BCUT2D eigenvalue weighted by Gasteiger charge is -2.47. The Morgan fingerprint density at radius 2 is 1.95 bits per heavy atom. The van der Waals surface area contributed by atoms with Crippen LogP contribution in [0.3, 0.4) is 0 Å². The molecule has 1 aliphatic heterocycles. The summed E-state index contributed by atoms with van der Waals surface area (Å²) in [6, 6.07) is 0. The van der Waals surface area contributed by atoms with E-state index in [4.69, 9.17) is 9.16 Å². The second-order valence-electron chi connectivity index (χ2n) is 8.28. The molecule has 0 radical (unpaired) electrons. The van der Waals surface area contributed by atoms with E-state index in [0.29, 0.717) is 18.3 Å². The third kappa shape index (κ3) is 3.26. The van der Waals surface area contributed by atoms with Crippen molar-refractivity contribution in [3.63, 3.8) is 0 Å². The maximum absolute atomic E-state index is 11.9. The fourth-order valence-corrected chi connectivity index (χ4v) is 4.34. The van der Waals surface area contributed by atoms with E-state index in [-0.39, 0.29) is 23.2 Å². The molecule has 0 spiro atoms. The molecular weight excluding hydrogens is 280 g/mol. The summed E-state index contributed by atoms with van der Waals surface area (Å²) in [4.78, 5) is 11.9. The smallest absolute Gasteiger partial charge is 0.306 e. The van der Waals surface area contributed by atoms with Gasteiger partial charge in [0, 0.05) is 12.3 Å². The lowest BCUT2D eigenvalue weighted by atomic mass is 9.75. The highest BCUT2D eigenvalue weighted by molar-refractivity contribution is 6.74. The van der Waals surface area contributed by atoms with Crippen molar-refractivity contribution in [2.24, 2.45) is 11.8 Å². The van der Waals surface area contributed by atoms with E-state index in [1.807, 2.05) is 0 Å². The molecule has 0 N–H and O–H groups in total. The second-order valence-corrected chi connectivity index (χ2v) is 13.0. The van der Waals surface area contributed by atoms with Gasteiger partial charge in [-0.3, -0.25) is 4.79 Å². The largest absolute Gasteiger partial charge is 0.459 e. The van der Waals surface area contributed by atoms with Crippen molar-refractivity contribution in [1.29, 1.82) is 0 Å². The Morgan fingerprint density at radius 3 is 2.52 bits per heavy atom. The lowest BCUT2D eigenvalue weighted by molar-refractivity contribution is -0.170. The van der Waals surface area contributed by atoms with Crippen molar-refractivity contribution in [1.82, 2.24) is 0 Å². The van der Waals surface area contributed by atoms with Crippen molar-refractivity contribution in [2.45, 2.75) is 77.8 Å². The Kier molecular flexibility index (Phi) is 4.42. The van der Waals surface area contributed by atoms with Crippen molar-refractivity contribution < 1.29 is 14.0 Å². The highest BCUT2D eigenvalue weighted by Gasteiger charge is 2.47. The van der Waals surface area contributed by atoms with Crippen LogP contribution in [-0.2, 0) is 14.0 Å². The van der Waals surface area contributed by atoms with E-state index in [1.165, 1.54) is 5.57 Å². The number of hydrogen-bond donors (Lipinski definition) is 0. The Labute approximate surface area is 130 Å². The van der Waals surface area contributed by atoms with Gasteiger partial charge in [0.25, 0.3) is 0 Å². The maximum Gasteiger partial charge on any atom is 0.306 e. The number of esters is 1. The summed E-state index contributed by atoms with van der Waals surface area (Å²) >= 11 is 0. The average molecular weight is 311 g/mol. The lowest BCUT2D eigenvalue weighted by Crippen LogP contribution is -2.54. The van der Waals surface area contributed by atoms with Crippen LogP contribution < -0.4 is 0 Å². The van der Waals surface area contributed by atoms with Gasteiger partial charge < -0.3 is 9.16 Å². The minimum absolute atomic E-state index is 0.0589. The number of rotatable bonds is 2. The molecule has 0 aromatic carbocycles. The quantitative estimate of drug-likeness (QED) is 0.433. The molecule has 1 heterocycles. The zero-order valence-electron chi connectivity index (χ0n) is 14.5. The topological polar surface area (TPSA) is 35.5 Å². The number of hydrogen-bond acceptors (Lipinski definition) is 3. The van der Waals surface area contributed by atoms with Crippen LogP contribution in [0.15, 0.2) is 11.6 Å². The van der Waals surface area contributed by atoms with Crippen molar-refractivity contribution in [2.75, 3.05) is 0 Å². The van der Waals surface area contributed by atoms with Crippen LogP contribution in [0, 0.1) is 11.8 Å². The molecular formula is C17H30O3Si. The average Bonchev–Trinajstić information content (AvgIpc) is 2.31. The zero-order valence-corrected chi connectivity index (χ0v) is 15.5. The first-order valence-corrected chi connectivity index (χ1v) is 11.0. The van der Waals surface area contributed by atoms with Crippen LogP contribution in [0.1, 0.15) is 47.5 Å². The molecule has 1 unspecified atom stereocenters. The molecule has 4 atom stereocenters. The molecule has 3 nitrogen and oxygen atoms in total. The van der Waals surface area contributed by atoms with Crippen LogP contribution in [-0.4, -0.2) is 26.5 Å². The maximum atomic E-state index is 11.9. The van der Waals surface area contributed by atoms with Crippen LogP contribution >= 0.6 is 0 Å². The minimum Gasteiger partial charge on any atom is -0.459 e. The van der Waals surface area contributed by atoms with Gasteiger partial charge in [0.15, 0.2) is 8.32 Å². The van der Waals surface area contributed by atoms with Gasteiger partial charge in [-0.05, 0) is 43.0 Å². The summed E-state index contributed by atoms with van der Waals surface area (Å²) in [5.74, 6) is 0.717. The summed E-state index contributed by atoms with van der Waals surface area (Å²) in [6.07, 6.45) is 3.68. The zero-order chi connectivity index (χ0) is 16.0. The van der Waals surface area contributed by atoms with Gasteiger partial charge in [-0.25, -0.2) is 0 Å². The summed E-state index contributed by atoms with van der Waals surface area (Å²) in [5, 5.41) is 0.157. The van der Waals surface area contributed by atoms with E-state index < -0.39 is 8.32 Å². The molecule has 0 aromatic heterocycles. The monoisotopic (exact) mass is 310 g/mol. The molecule has 0 aromatic rings. The van der Waals surface area contributed by atoms with Crippen LogP contribution in [0.2, 0.25) is 18.1 Å². The van der Waals surface area contributed by atoms with Crippen molar-refractivity contribution in [3.8, 4) is 0 Å². The fraction of sp³-hybridized carbons (Fsp3) is 0.824. The van der Waals surface area contributed by atoms with E-state index in [2.05, 4.69) is 53.8 Å². The Hall–Kier alpha value is -0.613. The van der Waals surface area contributed by atoms with Gasteiger partial charge in [-0.15, -0.1) is 0 Å². The number of ether oxygens (including phenoxy) is 1. The molecule has 1 aliphatic carbocycles. The highest BCUT2D eigenvalue weighted by atomic mass is 28.4. The predicted molar refractivity (Wildman–Crippen MR) is 87.6 cm³/mol. The number of carbonyl (C=O) groups is 1.